The minimum atomic E-state index is -3.90. The molecular formula is C31H42N4O4S. The highest BCUT2D eigenvalue weighted by Gasteiger charge is 2.39. The van der Waals surface area contributed by atoms with Crippen LogP contribution in [0.5, 0.6) is 11.5 Å². The van der Waals surface area contributed by atoms with Gasteiger partial charge in [-0.2, -0.15) is 9.40 Å². The summed E-state index contributed by atoms with van der Waals surface area (Å²) in [5.41, 5.74) is 2.79. The van der Waals surface area contributed by atoms with E-state index in [0.29, 0.717) is 11.8 Å². The predicted molar refractivity (Wildman–Crippen MR) is 156 cm³/mol. The number of methoxy groups -OCH3 is 2. The van der Waals surface area contributed by atoms with Gasteiger partial charge in [-0.05, 0) is 66.5 Å². The van der Waals surface area contributed by atoms with Crippen molar-refractivity contribution in [3.63, 3.8) is 0 Å². The quantitative estimate of drug-likeness (QED) is 0.266. The Bertz CT molecular complexity index is 1330. The van der Waals surface area contributed by atoms with E-state index in [9.17, 15) is 8.42 Å². The van der Waals surface area contributed by atoms with Crippen LogP contribution in [0.15, 0.2) is 59.6 Å². The number of nitrogens with zero attached hydrogens (tertiary/aromatic N) is 4. The molecule has 0 bridgehead atoms. The number of benzene rings is 2. The SMILES string of the molecule is CCC(c1cc(S(=O)(=O)N(Cc2ccc(OC)cc2)Cc2ccc(OC)cc2)nn1C1CC1)N1CC(C(C)C)C1. The van der Waals surface area contributed by atoms with Crippen LogP contribution in [-0.4, -0.2) is 54.7 Å². The first kappa shape index (κ1) is 28.6. The van der Waals surface area contributed by atoms with Gasteiger partial charge in [0.1, 0.15) is 11.5 Å². The van der Waals surface area contributed by atoms with Gasteiger partial charge in [-0.25, -0.2) is 8.42 Å². The van der Waals surface area contributed by atoms with Gasteiger partial charge in [0.15, 0.2) is 5.03 Å². The fourth-order valence-electron chi connectivity index (χ4n) is 5.48. The molecular weight excluding hydrogens is 524 g/mol. The van der Waals surface area contributed by atoms with Crippen LogP contribution in [0.3, 0.4) is 0 Å². The molecule has 1 aliphatic carbocycles. The smallest absolute Gasteiger partial charge is 0.263 e. The zero-order valence-corrected chi connectivity index (χ0v) is 25.1. The van der Waals surface area contributed by atoms with Crippen LogP contribution in [0.2, 0.25) is 0 Å². The van der Waals surface area contributed by atoms with Crippen LogP contribution < -0.4 is 9.47 Å². The molecule has 2 aromatic carbocycles. The Morgan fingerprint density at radius 1 is 0.925 bits per heavy atom. The average molecular weight is 567 g/mol. The van der Waals surface area contributed by atoms with Gasteiger partial charge in [0.05, 0.1) is 32.0 Å². The van der Waals surface area contributed by atoms with Crippen molar-refractivity contribution in [2.24, 2.45) is 11.8 Å². The molecule has 8 nitrogen and oxygen atoms in total. The lowest BCUT2D eigenvalue weighted by Gasteiger charge is -2.46. The lowest BCUT2D eigenvalue weighted by atomic mass is 9.86. The molecule has 1 aliphatic heterocycles. The third kappa shape index (κ3) is 6.06. The van der Waals surface area contributed by atoms with Gasteiger partial charge < -0.3 is 9.47 Å². The molecule has 3 aromatic rings. The maximum Gasteiger partial charge on any atom is 0.263 e. The van der Waals surface area contributed by atoms with E-state index in [1.54, 1.807) is 14.2 Å². The normalized spacial score (nSPS) is 17.3. The lowest BCUT2D eigenvalue weighted by Crippen LogP contribution is -2.50. The lowest BCUT2D eigenvalue weighted by molar-refractivity contribution is 0.0219. The van der Waals surface area contributed by atoms with Gasteiger partial charge in [0, 0.05) is 32.2 Å². The van der Waals surface area contributed by atoms with Crippen LogP contribution in [0, 0.1) is 11.8 Å². The number of aromatic nitrogens is 2. The minimum absolute atomic E-state index is 0.135. The molecule has 0 radical (unpaired) electrons. The number of hydrogen-bond acceptors (Lipinski definition) is 6. The van der Waals surface area contributed by atoms with E-state index in [4.69, 9.17) is 14.6 Å². The molecule has 9 heteroatoms. The standard InChI is InChI=1S/C31H42N4O4S/c1-6-29(33-20-25(21-33)22(2)3)30-17-31(32-35(30)26-11-12-26)40(36,37)34(18-23-7-13-27(38-4)14-8-23)19-24-9-15-28(39-5)16-10-24/h7-10,13-17,22,25-26,29H,6,11-12,18-21H2,1-5H3. The Morgan fingerprint density at radius 3 is 1.88 bits per heavy atom. The molecule has 1 aromatic heterocycles. The van der Waals surface area contributed by atoms with Gasteiger partial charge in [0.2, 0.25) is 0 Å². The van der Waals surface area contributed by atoms with Crippen LogP contribution in [0.4, 0.5) is 0 Å². The topological polar surface area (TPSA) is 76.9 Å². The number of likely N-dealkylation sites (tertiary alicyclic amines) is 1. The van der Waals surface area contributed by atoms with Gasteiger partial charge >= 0.3 is 0 Å². The number of sulfonamides is 1. The summed E-state index contributed by atoms with van der Waals surface area (Å²) >= 11 is 0. The van der Waals surface area contributed by atoms with Gasteiger partial charge in [-0.3, -0.25) is 9.58 Å². The molecule has 1 atom stereocenters. The van der Waals surface area contributed by atoms with Crippen molar-refractivity contribution in [1.82, 2.24) is 19.0 Å². The van der Waals surface area contributed by atoms with Crippen molar-refractivity contribution in [3.8, 4) is 11.5 Å². The van der Waals surface area contributed by atoms with Crippen molar-refractivity contribution in [1.29, 1.82) is 0 Å². The van der Waals surface area contributed by atoms with Gasteiger partial charge in [-0.1, -0.05) is 45.0 Å². The molecule has 1 saturated heterocycles. The average Bonchev–Trinajstić information content (AvgIpc) is 3.68. The van der Waals surface area contributed by atoms with Crippen LogP contribution in [0.1, 0.15) is 68.9 Å². The van der Waals surface area contributed by atoms with Gasteiger partial charge in [-0.15, -0.1) is 0 Å². The summed E-state index contributed by atoms with van der Waals surface area (Å²) in [5.74, 6) is 2.82. The maximum absolute atomic E-state index is 14.3. The van der Waals surface area contributed by atoms with E-state index in [-0.39, 0.29) is 30.2 Å². The summed E-state index contributed by atoms with van der Waals surface area (Å²) in [6.45, 7) is 9.30. The van der Waals surface area contributed by atoms with E-state index in [1.807, 2.05) is 59.3 Å². The van der Waals surface area contributed by atoms with Gasteiger partial charge in [0.25, 0.3) is 10.0 Å². The fraction of sp³-hybridized carbons (Fsp3) is 0.516. The van der Waals surface area contributed by atoms with Crippen molar-refractivity contribution in [3.05, 3.63) is 71.4 Å². The summed E-state index contributed by atoms with van der Waals surface area (Å²) in [4.78, 5) is 2.49. The molecule has 40 heavy (non-hydrogen) atoms. The molecule has 0 amide bonds. The van der Waals surface area contributed by atoms with E-state index in [1.165, 1.54) is 4.31 Å². The molecule has 0 spiro atoms. The second-order valence-electron chi connectivity index (χ2n) is 11.4. The molecule has 216 valence electrons. The first-order valence-electron chi connectivity index (χ1n) is 14.3. The van der Waals surface area contributed by atoms with Crippen molar-refractivity contribution >= 4 is 10.0 Å². The Balaban J connectivity index is 1.47. The zero-order valence-electron chi connectivity index (χ0n) is 24.3. The zero-order chi connectivity index (χ0) is 28.4. The number of hydrogen-bond donors (Lipinski definition) is 0. The monoisotopic (exact) mass is 566 g/mol. The summed E-state index contributed by atoms with van der Waals surface area (Å²) in [6, 6.07) is 17.4. The van der Waals surface area contributed by atoms with E-state index < -0.39 is 10.0 Å². The summed E-state index contributed by atoms with van der Waals surface area (Å²) in [5, 5.41) is 4.92. The van der Waals surface area contributed by atoms with E-state index >= 15 is 0 Å². The largest absolute Gasteiger partial charge is 0.497 e. The Kier molecular flexibility index (Phi) is 8.54. The highest BCUT2D eigenvalue weighted by atomic mass is 32.2. The number of rotatable bonds is 13. The summed E-state index contributed by atoms with van der Waals surface area (Å²) in [7, 11) is -0.654. The van der Waals surface area contributed by atoms with Crippen LogP contribution in [0.25, 0.3) is 0 Å². The van der Waals surface area contributed by atoms with Crippen molar-refractivity contribution < 1.29 is 17.9 Å². The molecule has 0 N–H and O–H groups in total. The van der Waals surface area contributed by atoms with E-state index in [0.717, 1.165) is 60.7 Å². The first-order chi connectivity index (χ1) is 19.2. The molecule has 1 saturated carbocycles. The minimum Gasteiger partial charge on any atom is -0.497 e. The highest BCUT2D eigenvalue weighted by molar-refractivity contribution is 7.89. The van der Waals surface area contributed by atoms with Crippen LogP contribution in [-0.2, 0) is 23.1 Å². The third-order valence-electron chi connectivity index (χ3n) is 8.32. The second kappa shape index (κ2) is 11.9. The Morgan fingerprint density at radius 2 is 1.45 bits per heavy atom. The first-order valence-corrected chi connectivity index (χ1v) is 15.8. The van der Waals surface area contributed by atoms with Crippen LogP contribution >= 0.6 is 0 Å². The summed E-state index contributed by atoms with van der Waals surface area (Å²) in [6.07, 6.45) is 3.01. The summed E-state index contributed by atoms with van der Waals surface area (Å²) < 4.78 is 42.7. The Hall–Kier alpha value is -2.88. The Labute approximate surface area is 238 Å². The maximum atomic E-state index is 14.3. The third-order valence-corrected chi connectivity index (χ3v) is 9.99. The molecule has 5 rings (SSSR count). The fourth-order valence-corrected chi connectivity index (χ4v) is 6.84. The van der Waals surface area contributed by atoms with E-state index in [2.05, 4.69) is 25.7 Å². The molecule has 2 aliphatic rings. The second-order valence-corrected chi connectivity index (χ2v) is 13.3. The number of ether oxygens (including phenoxy) is 2. The highest BCUT2D eigenvalue weighted by Crippen LogP contribution is 2.41. The van der Waals surface area contributed by atoms with Crippen molar-refractivity contribution in [2.45, 2.75) is 70.2 Å². The molecule has 2 fully saturated rings. The molecule has 2 heterocycles. The molecule has 1 unspecified atom stereocenters. The predicted octanol–water partition coefficient (Wildman–Crippen LogP) is 5.67. The van der Waals surface area contributed by atoms with Crippen molar-refractivity contribution in [2.75, 3.05) is 27.3 Å².